The standard InChI is InChI=1S/C13H10F17NO3/c1-4(2)3-31-5(32)6(14,9(18,19)20)33-13(29,30)8(17,11(24,25)26)34-12(27,28)7(15,16)10(21,22)23/h4H,3H2,1-2H3,(H,31,32)/t6-,8-/m1/s1. The minimum Gasteiger partial charge on any atom is -0.351 e. The number of hydrogen-bond donors (Lipinski definition) is 1. The van der Waals surface area contributed by atoms with E-state index < -0.39 is 66.7 Å². The van der Waals surface area contributed by atoms with Crippen LogP contribution in [0.1, 0.15) is 13.8 Å². The molecule has 2 atom stereocenters. The molecule has 0 unspecified atom stereocenters. The largest absolute Gasteiger partial charge is 0.462 e. The third kappa shape index (κ3) is 5.88. The maximum absolute atomic E-state index is 14.1. The minimum absolute atomic E-state index is 0.881. The molecule has 34 heavy (non-hydrogen) atoms. The van der Waals surface area contributed by atoms with Crippen molar-refractivity contribution in [1.82, 2.24) is 5.32 Å². The molecule has 4 nitrogen and oxygen atoms in total. The molecule has 0 radical (unpaired) electrons. The number of carbonyl (C=O) groups is 1. The van der Waals surface area contributed by atoms with E-state index in [1.807, 2.05) is 4.74 Å². The van der Waals surface area contributed by atoms with E-state index >= 15 is 0 Å². The Balaban J connectivity index is 6.67. The van der Waals surface area contributed by atoms with Crippen LogP contribution < -0.4 is 5.32 Å². The molecular weight excluding hydrogens is 541 g/mol. The molecule has 204 valence electrons. The predicted molar refractivity (Wildman–Crippen MR) is 70.7 cm³/mol. The summed E-state index contributed by atoms with van der Waals surface area (Å²) in [6.07, 6.45) is -38.4. The van der Waals surface area contributed by atoms with Crippen LogP contribution in [0.4, 0.5) is 74.6 Å². The van der Waals surface area contributed by atoms with Crippen LogP contribution in [0.25, 0.3) is 0 Å². The van der Waals surface area contributed by atoms with Crippen molar-refractivity contribution in [2.45, 2.75) is 62.2 Å². The van der Waals surface area contributed by atoms with Crippen molar-refractivity contribution in [1.29, 1.82) is 0 Å². The Morgan fingerprint density at radius 2 is 1.06 bits per heavy atom. The third-order valence-electron chi connectivity index (χ3n) is 3.33. The Labute approximate surface area is 176 Å². The third-order valence-corrected chi connectivity index (χ3v) is 3.33. The van der Waals surface area contributed by atoms with Gasteiger partial charge in [-0.15, -0.1) is 0 Å². The molecule has 0 aliphatic rings. The van der Waals surface area contributed by atoms with Crippen LogP contribution in [-0.2, 0) is 14.3 Å². The number of carbonyl (C=O) groups excluding carboxylic acids is 1. The van der Waals surface area contributed by atoms with Gasteiger partial charge in [-0.05, 0) is 5.92 Å². The zero-order chi connectivity index (χ0) is 28.0. The number of halogens is 17. The maximum atomic E-state index is 14.1. The molecule has 21 heteroatoms. The monoisotopic (exact) mass is 551 g/mol. The molecule has 0 aromatic heterocycles. The summed E-state index contributed by atoms with van der Waals surface area (Å²) in [5.41, 5.74) is 0. The average Bonchev–Trinajstić information content (AvgIpc) is 2.55. The number of alkyl halides is 17. The second kappa shape index (κ2) is 9.01. The van der Waals surface area contributed by atoms with Crippen molar-refractivity contribution in [3.63, 3.8) is 0 Å². The summed E-state index contributed by atoms with van der Waals surface area (Å²) in [6, 6.07) is 0. The number of nitrogens with one attached hydrogen (secondary N) is 1. The van der Waals surface area contributed by atoms with Gasteiger partial charge in [0.2, 0.25) is 0 Å². The number of ether oxygens (including phenoxy) is 2. The molecule has 0 fully saturated rings. The first-order chi connectivity index (χ1) is 14.5. The Morgan fingerprint density at radius 3 is 1.35 bits per heavy atom. The van der Waals surface area contributed by atoms with E-state index in [1.165, 1.54) is 4.74 Å². The normalized spacial score (nSPS) is 18.5. The zero-order valence-electron chi connectivity index (χ0n) is 15.9. The van der Waals surface area contributed by atoms with Crippen molar-refractivity contribution in [2.75, 3.05) is 6.54 Å². The first kappa shape index (κ1) is 32.2. The molecule has 0 aliphatic carbocycles. The Hall–Kier alpha value is -1.80. The van der Waals surface area contributed by atoms with Crippen LogP contribution in [0, 0.1) is 5.92 Å². The number of hydrogen-bond acceptors (Lipinski definition) is 3. The van der Waals surface area contributed by atoms with Crippen molar-refractivity contribution < 1.29 is 88.9 Å². The van der Waals surface area contributed by atoms with Crippen LogP contribution in [-0.4, -0.2) is 60.8 Å². The lowest BCUT2D eigenvalue weighted by Crippen LogP contribution is -2.68. The second-order valence-corrected chi connectivity index (χ2v) is 6.60. The average molecular weight is 551 g/mol. The quantitative estimate of drug-likeness (QED) is 0.378. The Morgan fingerprint density at radius 1 is 0.647 bits per heavy atom. The lowest BCUT2D eigenvalue weighted by molar-refractivity contribution is -0.548. The highest BCUT2D eigenvalue weighted by molar-refractivity contribution is 5.84. The lowest BCUT2D eigenvalue weighted by Gasteiger charge is -2.40. The fourth-order valence-electron chi connectivity index (χ4n) is 1.57. The summed E-state index contributed by atoms with van der Waals surface area (Å²) in [4.78, 5) is 11.3. The molecule has 0 aromatic rings. The first-order valence-electron chi connectivity index (χ1n) is 7.90. The second-order valence-electron chi connectivity index (χ2n) is 6.60. The summed E-state index contributed by atoms with van der Waals surface area (Å²) >= 11 is 0. The van der Waals surface area contributed by atoms with Gasteiger partial charge in [0.05, 0.1) is 0 Å². The molecule has 0 bridgehead atoms. The summed E-state index contributed by atoms with van der Waals surface area (Å²) < 4.78 is 223. The molecule has 0 heterocycles. The van der Waals surface area contributed by atoms with E-state index in [0.29, 0.717) is 0 Å². The van der Waals surface area contributed by atoms with Gasteiger partial charge < -0.3 is 5.32 Å². The van der Waals surface area contributed by atoms with Gasteiger partial charge in [-0.3, -0.25) is 14.3 Å². The summed E-state index contributed by atoms with van der Waals surface area (Å²) in [6.45, 7) is 1.16. The molecule has 0 rings (SSSR count). The minimum atomic E-state index is -8.01. The van der Waals surface area contributed by atoms with Gasteiger partial charge in [0.1, 0.15) is 0 Å². The van der Waals surface area contributed by atoms with E-state index in [1.54, 1.807) is 0 Å². The molecule has 0 saturated heterocycles. The van der Waals surface area contributed by atoms with E-state index in [4.69, 9.17) is 0 Å². The summed E-state index contributed by atoms with van der Waals surface area (Å²) in [5, 5.41) is 0.881. The molecule has 0 aromatic carbocycles. The molecule has 1 amide bonds. The van der Waals surface area contributed by atoms with Crippen LogP contribution in [0.15, 0.2) is 0 Å². The highest BCUT2D eigenvalue weighted by Crippen LogP contribution is 2.56. The molecule has 1 N–H and O–H groups in total. The van der Waals surface area contributed by atoms with Gasteiger partial charge in [-0.25, -0.2) is 0 Å². The smallest absolute Gasteiger partial charge is 0.351 e. The summed E-state index contributed by atoms with van der Waals surface area (Å²) in [5.74, 6) is -26.9. The van der Waals surface area contributed by atoms with Crippen molar-refractivity contribution in [3.8, 4) is 0 Å². The molecule has 0 saturated carbocycles. The van der Waals surface area contributed by atoms with Gasteiger partial charge in [-0.2, -0.15) is 74.6 Å². The molecular formula is C13H10F17NO3. The van der Waals surface area contributed by atoms with Crippen LogP contribution >= 0.6 is 0 Å². The molecule has 0 aliphatic heterocycles. The topological polar surface area (TPSA) is 47.6 Å². The fraction of sp³-hybridized carbons (Fsp3) is 0.923. The van der Waals surface area contributed by atoms with Gasteiger partial charge in [0.15, 0.2) is 0 Å². The maximum Gasteiger partial charge on any atom is 0.462 e. The predicted octanol–water partition coefficient (Wildman–Crippen LogP) is 5.63. The fourth-order valence-corrected chi connectivity index (χ4v) is 1.57. The van der Waals surface area contributed by atoms with Gasteiger partial charge in [0.25, 0.3) is 5.91 Å². The van der Waals surface area contributed by atoms with Crippen LogP contribution in [0.5, 0.6) is 0 Å². The number of rotatable bonds is 9. The Bertz CT molecular complexity index is 728. The van der Waals surface area contributed by atoms with Gasteiger partial charge in [0, 0.05) is 6.54 Å². The van der Waals surface area contributed by atoms with E-state index in [-0.39, 0.29) is 0 Å². The highest BCUT2D eigenvalue weighted by atomic mass is 19.4. The lowest BCUT2D eigenvalue weighted by atomic mass is 10.2. The van der Waals surface area contributed by atoms with Gasteiger partial charge in [-0.1, -0.05) is 13.8 Å². The number of amides is 1. The Kier molecular flexibility index (Phi) is 8.53. The van der Waals surface area contributed by atoms with Gasteiger partial charge >= 0.3 is 48.4 Å². The van der Waals surface area contributed by atoms with Crippen LogP contribution in [0.2, 0.25) is 0 Å². The van der Waals surface area contributed by atoms with Crippen molar-refractivity contribution in [2.24, 2.45) is 5.92 Å². The zero-order valence-corrected chi connectivity index (χ0v) is 15.9. The SMILES string of the molecule is CC(C)CNC(=O)[C@@](F)(OC(F)(F)[C@](F)(OC(F)(F)C(F)(F)C(F)(F)F)C(F)(F)F)C(F)(F)F. The molecule has 0 spiro atoms. The van der Waals surface area contributed by atoms with Crippen molar-refractivity contribution in [3.05, 3.63) is 0 Å². The highest BCUT2D eigenvalue weighted by Gasteiger charge is 2.85. The summed E-state index contributed by atoms with van der Waals surface area (Å²) in [7, 11) is 0. The van der Waals surface area contributed by atoms with Crippen LogP contribution in [0.3, 0.4) is 0 Å². The van der Waals surface area contributed by atoms with Crippen molar-refractivity contribution >= 4 is 5.91 Å². The van der Waals surface area contributed by atoms with E-state index in [0.717, 1.165) is 19.2 Å². The first-order valence-corrected chi connectivity index (χ1v) is 7.90. The van der Waals surface area contributed by atoms with E-state index in [2.05, 4.69) is 0 Å². The van der Waals surface area contributed by atoms with E-state index in [9.17, 15) is 79.4 Å².